The van der Waals surface area contributed by atoms with Crippen molar-refractivity contribution < 1.29 is 4.39 Å². The molecule has 1 aliphatic rings. The first-order valence-corrected chi connectivity index (χ1v) is 8.69. The van der Waals surface area contributed by atoms with Gasteiger partial charge in [0.05, 0.1) is 0 Å². The van der Waals surface area contributed by atoms with Crippen LogP contribution in [0.5, 0.6) is 0 Å². The molecule has 0 radical (unpaired) electrons. The van der Waals surface area contributed by atoms with E-state index in [9.17, 15) is 4.39 Å². The number of nitrogens with zero attached hydrogens (tertiary/aromatic N) is 1. The van der Waals surface area contributed by atoms with E-state index in [0.29, 0.717) is 5.92 Å². The van der Waals surface area contributed by atoms with Crippen molar-refractivity contribution >= 4 is 5.69 Å². The highest BCUT2D eigenvalue weighted by Crippen LogP contribution is 2.31. The maximum Gasteiger partial charge on any atom is 0.123 e. The Kier molecular flexibility index (Phi) is 4.64. The van der Waals surface area contributed by atoms with Crippen LogP contribution >= 0.6 is 0 Å². The van der Waals surface area contributed by atoms with Crippen molar-refractivity contribution in [3.05, 3.63) is 65.5 Å². The third-order valence-corrected chi connectivity index (χ3v) is 4.92. The third-order valence-electron chi connectivity index (χ3n) is 4.92. The zero-order valence-corrected chi connectivity index (χ0v) is 14.8. The minimum atomic E-state index is -0.187. The van der Waals surface area contributed by atoms with Crippen LogP contribution in [0.4, 0.5) is 10.1 Å². The number of benzene rings is 2. The lowest BCUT2D eigenvalue weighted by Crippen LogP contribution is -2.46. The minimum absolute atomic E-state index is 0.135. The Morgan fingerprint density at radius 2 is 1.58 bits per heavy atom. The van der Waals surface area contributed by atoms with Crippen molar-refractivity contribution in [2.45, 2.75) is 44.6 Å². The smallest absolute Gasteiger partial charge is 0.123 e. The van der Waals surface area contributed by atoms with Gasteiger partial charge in [0.25, 0.3) is 0 Å². The van der Waals surface area contributed by atoms with E-state index < -0.39 is 0 Å². The van der Waals surface area contributed by atoms with Gasteiger partial charge in [-0.3, -0.25) is 0 Å². The summed E-state index contributed by atoms with van der Waals surface area (Å²) < 4.78 is 13.2. The van der Waals surface area contributed by atoms with Crippen LogP contribution in [0.15, 0.2) is 48.5 Å². The number of hydrogen-bond donors (Lipinski definition) is 1. The summed E-state index contributed by atoms with van der Waals surface area (Å²) in [4.78, 5) is 2.36. The quantitative estimate of drug-likeness (QED) is 0.884. The molecule has 0 amide bonds. The Labute approximate surface area is 144 Å². The standard InChI is InChI=1S/C21H27FN2/c1-21(2,3)17-6-10-20(11-7-17)24-13-16(12-19(23)14-24)15-4-8-18(22)9-5-15/h4-11,16,19H,12-14,23H2,1-3H3. The minimum Gasteiger partial charge on any atom is -0.369 e. The molecular formula is C21H27FN2. The Morgan fingerprint density at radius 1 is 0.958 bits per heavy atom. The summed E-state index contributed by atoms with van der Waals surface area (Å²) >= 11 is 0. The second kappa shape index (κ2) is 6.56. The average molecular weight is 326 g/mol. The molecule has 2 aromatic carbocycles. The van der Waals surface area contributed by atoms with Crippen molar-refractivity contribution in [3.63, 3.8) is 0 Å². The van der Waals surface area contributed by atoms with Gasteiger partial charge in [-0.1, -0.05) is 45.0 Å². The Morgan fingerprint density at radius 3 is 2.17 bits per heavy atom. The lowest BCUT2D eigenvalue weighted by atomic mass is 9.86. The molecule has 2 unspecified atom stereocenters. The largest absolute Gasteiger partial charge is 0.369 e. The molecule has 0 aromatic heterocycles. The van der Waals surface area contributed by atoms with Gasteiger partial charge in [0, 0.05) is 30.7 Å². The number of rotatable bonds is 2. The van der Waals surface area contributed by atoms with Crippen molar-refractivity contribution in [1.29, 1.82) is 0 Å². The molecule has 1 saturated heterocycles. The third kappa shape index (κ3) is 3.78. The van der Waals surface area contributed by atoms with E-state index in [1.165, 1.54) is 28.9 Å². The van der Waals surface area contributed by atoms with E-state index in [1.807, 2.05) is 12.1 Å². The van der Waals surface area contributed by atoms with Crippen LogP contribution < -0.4 is 10.6 Å². The maximum atomic E-state index is 13.2. The second-order valence-electron chi connectivity index (χ2n) is 7.95. The highest BCUT2D eigenvalue weighted by atomic mass is 19.1. The van der Waals surface area contributed by atoms with Crippen LogP contribution in [0.2, 0.25) is 0 Å². The Hall–Kier alpha value is -1.87. The van der Waals surface area contributed by atoms with E-state index in [2.05, 4.69) is 49.9 Å². The van der Waals surface area contributed by atoms with Gasteiger partial charge in [-0.25, -0.2) is 4.39 Å². The number of nitrogens with two attached hydrogens (primary N) is 1. The zero-order valence-electron chi connectivity index (χ0n) is 14.8. The average Bonchev–Trinajstić information content (AvgIpc) is 2.54. The van der Waals surface area contributed by atoms with Crippen LogP contribution in [0.25, 0.3) is 0 Å². The van der Waals surface area contributed by atoms with E-state index >= 15 is 0 Å². The summed E-state index contributed by atoms with van der Waals surface area (Å²) in [5, 5.41) is 0. The van der Waals surface area contributed by atoms with Crippen molar-refractivity contribution in [1.82, 2.24) is 0 Å². The number of halogens is 1. The zero-order chi connectivity index (χ0) is 17.3. The first-order chi connectivity index (χ1) is 11.3. The molecule has 24 heavy (non-hydrogen) atoms. The van der Waals surface area contributed by atoms with Crippen molar-refractivity contribution in [3.8, 4) is 0 Å². The first-order valence-electron chi connectivity index (χ1n) is 8.69. The Bertz CT molecular complexity index is 670. The summed E-state index contributed by atoms with van der Waals surface area (Å²) in [7, 11) is 0. The number of anilines is 1. The molecule has 3 heteroatoms. The highest BCUT2D eigenvalue weighted by Gasteiger charge is 2.26. The summed E-state index contributed by atoms with van der Waals surface area (Å²) in [6.45, 7) is 8.47. The summed E-state index contributed by atoms with van der Waals surface area (Å²) in [6.07, 6.45) is 0.947. The molecule has 2 aromatic rings. The SMILES string of the molecule is CC(C)(C)c1ccc(N2CC(N)CC(c3ccc(F)cc3)C2)cc1. The van der Waals surface area contributed by atoms with Gasteiger partial charge in [0.1, 0.15) is 5.82 Å². The van der Waals surface area contributed by atoms with Crippen LogP contribution in [0.1, 0.15) is 44.2 Å². The summed E-state index contributed by atoms with van der Waals surface area (Å²) in [5.41, 5.74) is 10.2. The Balaban J connectivity index is 1.79. The topological polar surface area (TPSA) is 29.3 Å². The maximum absolute atomic E-state index is 13.2. The van der Waals surface area contributed by atoms with E-state index in [0.717, 1.165) is 19.5 Å². The fraction of sp³-hybridized carbons (Fsp3) is 0.429. The lowest BCUT2D eigenvalue weighted by molar-refractivity contribution is 0.453. The highest BCUT2D eigenvalue weighted by molar-refractivity contribution is 5.50. The monoisotopic (exact) mass is 326 g/mol. The van der Waals surface area contributed by atoms with Crippen molar-refractivity contribution in [2.75, 3.05) is 18.0 Å². The normalized spacial score (nSPS) is 21.8. The van der Waals surface area contributed by atoms with Crippen LogP contribution in [0.3, 0.4) is 0 Å². The van der Waals surface area contributed by atoms with Gasteiger partial charge in [-0.05, 0) is 47.2 Å². The number of hydrogen-bond acceptors (Lipinski definition) is 2. The molecule has 0 spiro atoms. The predicted octanol–water partition coefficient (Wildman–Crippen LogP) is 4.44. The van der Waals surface area contributed by atoms with Gasteiger partial charge in [-0.2, -0.15) is 0 Å². The van der Waals surface area contributed by atoms with Gasteiger partial charge >= 0.3 is 0 Å². The first kappa shape index (κ1) is 17.0. The fourth-order valence-corrected chi connectivity index (χ4v) is 3.50. The molecule has 1 fully saturated rings. The van der Waals surface area contributed by atoms with E-state index in [1.54, 1.807) is 0 Å². The summed E-state index contributed by atoms with van der Waals surface area (Å²) in [6, 6.07) is 15.8. The van der Waals surface area contributed by atoms with Gasteiger partial charge in [0.2, 0.25) is 0 Å². The lowest BCUT2D eigenvalue weighted by Gasteiger charge is -2.38. The van der Waals surface area contributed by atoms with Crippen molar-refractivity contribution in [2.24, 2.45) is 5.73 Å². The molecule has 1 heterocycles. The molecule has 2 N–H and O–H groups in total. The van der Waals surface area contributed by atoms with Crippen LogP contribution in [-0.2, 0) is 5.41 Å². The molecule has 1 aliphatic heterocycles. The molecule has 3 rings (SSSR count). The predicted molar refractivity (Wildman–Crippen MR) is 99.1 cm³/mol. The molecular weight excluding hydrogens is 299 g/mol. The van der Waals surface area contributed by atoms with Gasteiger partial charge in [0.15, 0.2) is 0 Å². The van der Waals surface area contributed by atoms with Crippen LogP contribution in [0, 0.1) is 5.82 Å². The second-order valence-corrected chi connectivity index (χ2v) is 7.95. The molecule has 0 bridgehead atoms. The molecule has 128 valence electrons. The number of piperidine rings is 1. The molecule has 0 aliphatic carbocycles. The van der Waals surface area contributed by atoms with Gasteiger partial charge < -0.3 is 10.6 Å². The van der Waals surface area contributed by atoms with E-state index in [4.69, 9.17) is 5.73 Å². The fourth-order valence-electron chi connectivity index (χ4n) is 3.50. The molecule has 0 saturated carbocycles. The van der Waals surface area contributed by atoms with Crippen LogP contribution in [-0.4, -0.2) is 19.1 Å². The summed E-state index contributed by atoms with van der Waals surface area (Å²) in [5.74, 6) is 0.158. The van der Waals surface area contributed by atoms with Gasteiger partial charge in [-0.15, -0.1) is 0 Å². The van der Waals surface area contributed by atoms with E-state index in [-0.39, 0.29) is 17.3 Å². The molecule has 2 nitrogen and oxygen atoms in total. The molecule has 2 atom stereocenters.